The van der Waals surface area contributed by atoms with Gasteiger partial charge < -0.3 is 5.73 Å². The highest BCUT2D eigenvalue weighted by Crippen LogP contribution is 2.25. The third-order valence-corrected chi connectivity index (χ3v) is 3.01. The Kier molecular flexibility index (Phi) is 4.07. The second-order valence-electron chi connectivity index (χ2n) is 4.32. The van der Waals surface area contributed by atoms with Crippen molar-refractivity contribution in [3.05, 3.63) is 65.7 Å². The first-order valence-electron chi connectivity index (χ1n) is 6.04. The lowest BCUT2D eigenvalue weighted by Gasteiger charge is -2.06. The number of allylic oxidation sites excluding steroid dienone is 1. The molecule has 0 amide bonds. The minimum absolute atomic E-state index is 0.397. The second kappa shape index (κ2) is 5.76. The van der Waals surface area contributed by atoms with Crippen LogP contribution in [0.1, 0.15) is 12.5 Å². The topological polar surface area (TPSA) is 26.0 Å². The number of nitrogens with two attached hydrogens (primary N) is 1. The van der Waals surface area contributed by atoms with Gasteiger partial charge in [-0.05, 0) is 35.8 Å². The van der Waals surface area contributed by atoms with Gasteiger partial charge in [-0.1, -0.05) is 30.3 Å². The fraction of sp³-hybridized carbons (Fsp3) is 0.125. The summed E-state index contributed by atoms with van der Waals surface area (Å²) in [6.07, 6.45) is 1.92. The van der Waals surface area contributed by atoms with Crippen molar-refractivity contribution in [1.82, 2.24) is 0 Å². The molecule has 0 radical (unpaired) electrons. The molecule has 2 rings (SSSR count). The van der Waals surface area contributed by atoms with E-state index in [0.717, 1.165) is 22.8 Å². The summed E-state index contributed by atoms with van der Waals surface area (Å²) in [5.74, 6) is -1.12. The highest BCUT2D eigenvalue weighted by molar-refractivity contribution is 5.69. The van der Waals surface area contributed by atoms with Crippen LogP contribution in [0.4, 0.5) is 8.78 Å². The van der Waals surface area contributed by atoms with Crippen LogP contribution in [0.5, 0.6) is 0 Å². The standard InChI is InChI=1S/C16H15F2N/c1-11(8-9-19)12-2-4-13(5-3-12)15-7-6-14(17)10-16(15)18/h2-8,10H,9,19H2,1H3. The molecule has 2 aromatic carbocycles. The summed E-state index contributed by atoms with van der Waals surface area (Å²) in [6.45, 7) is 2.46. The van der Waals surface area contributed by atoms with Crippen molar-refractivity contribution in [2.45, 2.75) is 6.92 Å². The van der Waals surface area contributed by atoms with Gasteiger partial charge in [-0.3, -0.25) is 0 Å². The zero-order chi connectivity index (χ0) is 13.8. The van der Waals surface area contributed by atoms with Crippen LogP contribution in [0.25, 0.3) is 16.7 Å². The Morgan fingerprint density at radius 2 is 1.79 bits per heavy atom. The van der Waals surface area contributed by atoms with Gasteiger partial charge in [0, 0.05) is 18.2 Å². The number of rotatable bonds is 3. The molecular formula is C16H15F2N. The normalized spacial score (nSPS) is 11.7. The number of hydrogen-bond donors (Lipinski definition) is 1. The summed E-state index contributed by atoms with van der Waals surface area (Å²) in [4.78, 5) is 0. The van der Waals surface area contributed by atoms with Crippen molar-refractivity contribution in [1.29, 1.82) is 0 Å². The third-order valence-electron chi connectivity index (χ3n) is 3.01. The zero-order valence-corrected chi connectivity index (χ0v) is 10.7. The molecule has 19 heavy (non-hydrogen) atoms. The minimum atomic E-state index is -0.570. The van der Waals surface area contributed by atoms with E-state index in [9.17, 15) is 8.78 Å². The van der Waals surface area contributed by atoms with Gasteiger partial charge in [0.25, 0.3) is 0 Å². The molecule has 3 heteroatoms. The highest BCUT2D eigenvalue weighted by atomic mass is 19.1. The Morgan fingerprint density at radius 1 is 1.11 bits per heavy atom. The Labute approximate surface area is 111 Å². The molecule has 0 atom stereocenters. The minimum Gasteiger partial charge on any atom is -0.327 e. The van der Waals surface area contributed by atoms with E-state index < -0.39 is 11.6 Å². The van der Waals surface area contributed by atoms with Crippen molar-refractivity contribution >= 4 is 5.57 Å². The van der Waals surface area contributed by atoms with E-state index in [1.807, 2.05) is 37.3 Å². The van der Waals surface area contributed by atoms with Gasteiger partial charge in [0.1, 0.15) is 11.6 Å². The quantitative estimate of drug-likeness (QED) is 0.886. The van der Waals surface area contributed by atoms with Crippen molar-refractivity contribution in [2.24, 2.45) is 5.73 Å². The lowest BCUT2D eigenvalue weighted by Crippen LogP contribution is -1.94. The number of benzene rings is 2. The van der Waals surface area contributed by atoms with Crippen LogP contribution < -0.4 is 5.73 Å². The predicted molar refractivity (Wildman–Crippen MR) is 74.5 cm³/mol. The molecule has 0 saturated heterocycles. The molecule has 2 aromatic rings. The molecule has 0 heterocycles. The Balaban J connectivity index is 2.35. The first-order valence-corrected chi connectivity index (χ1v) is 6.04. The van der Waals surface area contributed by atoms with Crippen LogP contribution >= 0.6 is 0 Å². The average molecular weight is 259 g/mol. The molecule has 0 aromatic heterocycles. The molecule has 0 bridgehead atoms. The van der Waals surface area contributed by atoms with Gasteiger partial charge in [-0.25, -0.2) is 8.78 Å². The fourth-order valence-corrected chi connectivity index (χ4v) is 1.93. The summed E-state index contributed by atoms with van der Waals surface area (Å²) in [7, 11) is 0. The highest BCUT2D eigenvalue weighted by Gasteiger charge is 2.06. The van der Waals surface area contributed by atoms with Crippen LogP contribution in [0.3, 0.4) is 0 Å². The van der Waals surface area contributed by atoms with Gasteiger partial charge in [0.15, 0.2) is 0 Å². The fourth-order valence-electron chi connectivity index (χ4n) is 1.93. The lowest BCUT2D eigenvalue weighted by atomic mass is 10.0. The monoisotopic (exact) mass is 259 g/mol. The van der Waals surface area contributed by atoms with E-state index in [-0.39, 0.29) is 0 Å². The zero-order valence-electron chi connectivity index (χ0n) is 10.7. The van der Waals surface area contributed by atoms with Crippen LogP contribution in [0.2, 0.25) is 0 Å². The SMILES string of the molecule is CC(=CCN)c1ccc(-c2ccc(F)cc2F)cc1. The summed E-state index contributed by atoms with van der Waals surface area (Å²) in [5.41, 5.74) is 8.70. The number of hydrogen-bond acceptors (Lipinski definition) is 1. The van der Waals surface area contributed by atoms with Gasteiger partial charge in [0.05, 0.1) is 0 Å². The first-order chi connectivity index (χ1) is 9.11. The predicted octanol–water partition coefficient (Wildman–Crippen LogP) is 3.99. The Bertz CT molecular complexity index is 601. The van der Waals surface area contributed by atoms with E-state index in [0.29, 0.717) is 12.1 Å². The van der Waals surface area contributed by atoms with Crippen LogP contribution in [0.15, 0.2) is 48.5 Å². The van der Waals surface area contributed by atoms with Gasteiger partial charge in [0.2, 0.25) is 0 Å². The van der Waals surface area contributed by atoms with E-state index in [1.54, 1.807) is 0 Å². The molecule has 0 aliphatic carbocycles. The molecule has 1 nitrogen and oxygen atoms in total. The van der Waals surface area contributed by atoms with E-state index in [4.69, 9.17) is 5.73 Å². The largest absolute Gasteiger partial charge is 0.327 e. The third kappa shape index (κ3) is 3.06. The van der Waals surface area contributed by atoms with Crippen molar-refractivity contribution in [3.8, 4) is 11.1 Å². The second-order valence-corrected chi connectivity index (χ2v) is 4.32. The lowest BCUT2D eigenvalue weighted by molar-refractivity contribution is 0.585. The van der Waals surface area contributed by atoms with Gasteiger partial charge in [-0.15, -0.1) is 0 Å². The Morgan fingerprint density at radius 3 is 2.37 bits per heavy atom. The van der Waals surface area contributed by atoms with Crippen LogP contribution in [-0.4, -0.2) is 6.54 Å². The van der Waals surface area contributed by atoms with Gasteiger partial charge >= 0.3 is 0 Å². The summed E-state index contributed by atoms with van der Waals surface area (Å²) < 4.78 is 26.5. The van der Waals surface area contributed by atoms with E-state index >= 15 is 0 Å². The van der Waals surface area contributed by atoms with Crippen molar-refractivity contribution in [3.63, 3.8) is 0 Å². The Hall–Kier alpha value is -2.00. The van der Waals surface area contributed by atoms with Crippen molar-refractivity contribution < 1.29 is 8.78 Å². The van der Waals surface area contributed by atoms with Crippen LogP contribution in [0, 0.1) is 11.6 Å². The van der Waals surface area contributed by atoms with Gasteiger partial charge in [-0.2, -0.15) is 0 Å². The molecule has 0 saturated carbocycles. The maximum absolute atomic E-state index is 13.6. The maximum atomic E-state index is 13.6. The number of halogens is 2. The average Bonchev–Trinajstić information content (AvgIpc) is 2.39. The van der Waals surface area contributed by atoms with Crippen LogP contribution in [-0.2, 0) is 0 Å². The molecule has 0 aliphatic rings. The summed E-state index contributed by atoms with van der Waals surface area (Å²) >= 11 is 0. The molecule has 2 N–H and O–H groups in total. The molecular weight excluding hydrogens is 244 g/mol. The summed E-state index contributed by atoms with van der Waals surface area (Å²) in [5, 5.41) is 0. The molecule has 0 aliphatic heterocycles. The smallest absolute Gasteiger partial charge is 0.133 e. The summed E-state index contributed by atoms with van der Waals surface area (Å²) in [6, 6.07) is 11.0. The molecule has 0 unspecified atom stereocenters. The van der Waals surface area contributed by atoms with E-state index in [2.05, 4.69) is 0 Å². The van der Waals surface area contributed by atoms with E-state index in [1.165, 1.54) is 12.1 Å². The van der Waals surface area contributed by atoms with Crippen molar-refractivity contribution in [2.75, 3.05) is 6.54 Å². The molecule has 0 spiro atoms. The maximum Gasteiger partial charge on any atom is 0.133 e. The molecule has 98 valence electrons. The first kappa shape index (κ1) is 13.4. The molecule has 0 fully saturated rings.